The second-order valence-corrected chi connectivity index (χ2v) is 3.82. The van der Waals surface area contributed by atoms with E-state index in [0.29, 0.717) is 0 Å². The quantitative estimate of drug-likeness (QED) is 0.558. The van der Waals surface area contributed by atoms with Crippen LogP contribution in [0.5, 0.6) is 0 Å². The van der Waals surface area contributed by atoms with Crippen molar-refractivity contribution < 1.29 is 0 Å². The van der Waals surface area contributed by atoms with E-state index < -0.39 is 0 Å². The molecule has 0 nitrogen and oxygen atoms in total. The summed E-state index contributed by atoms with van der Waals surface area (Å²) in [6, 6.07) is 21.4. The third kappa shape index (κ3) is 11.9. The topological polar surface area (TPSA) is 0 Å². The lowest BCUT2D eigenvalue weighted by atomic mass is 10.0. The van der Waals surface area contributed by atoms with Gasteiger partial charge in [0, 0.05) is 0 Å². The highest BCUT2D eigenvalue weighted by Gasteiger charge is 1.93. The fraction of sp³-hybridized carbons (Fsp3) is 0.429. The summed E-state index contributed by atoms with van der Waals surface area (Å²) in [5.41, 5.74) is 2.88. The molecule has 120 valence electrons. The van der Waals surface area contributed by atoms with Crippen LogP contribution in [-0.4, -0.2) is 0 Å². The van der Waals surface area contributed by atoms with Crippen LogP contribution in [0, 0.1) is 0 Å². The van der Waals surface area contributed by atoms with Crippen molar-refractivity contribution in [2.75, 3.05) is 0 Å². The minimum absolute atomic E-state index is 0. The molecule has 0 aliphatic carbocycles. The van der Waals surface area contributed by atoms with Crippen LogP contribution < -0.4 is 0 Å². The zero-order chi connectivity index (χ0) is 14.3. The summed E-state index contributed by atoms with van der Waals surface area (Å²) in [7, 11) is 0. The second kappa shape index (κ2) is 18.4. The molecule has 0 saturated heterocycles. The Hall–Kier alpha value is -1.56. The first-order chi connectivity index (χ1) is 9.45. The normalized spacial score (nSPS) is 7.81. The van der Waals surface area contributed by atoms with Crippen molar-refractivity contribution in [3.63, 3.8) is 0 Å². The van der Waals surface area contributed by atoms with Crippen molar-refractivity contribution in [1.29, 1.82) is 0 Å². The molecule has 0 atom stereocenters. The van der Waals surface area contributed by atoms with E-state index in [0.717, 1.165) is 0 Å². The zero-order valence-electron chi connectivity index (χ0n) is 12.9. The Labute approximate surface area is 134 Å². The van der Waals surface area contributed by atoms with E-state index in [9.17, 15) is 0 Å². The lowest BCUT2D eigenvalue weighted by molar-refractivity contribution is 0.821. The van der Waals surface area contributed by atoms with Gasteiger partial charge in [-0.15, -0.1) is 0 Å². The van der Waals surface area contributed by atoms with Crippen molar-refractivity contribution in [3.8, 4) is 0 Å². The predicted octanol–water partition coefficient (Wildman–Crippen LogP) is 7.19. The summed E-state index contributed by atoms with van der Waals surface area (Å²) in [6.07, 6.45) is 3.58. The van der Waals surface area contributed by atoms with Crippen LogP contribution in [0.2, 0.25) is 0 Å². The van der Waals surface area contributed by atoms with E-state index in [-0.39, 0.29) is 14.9 Å². The van der Waals surface area contributed by atoms with Gasteiger partial charge in [0.15, 0.2) is 0 Å². The molecule has 2 aromatic rings. The summed E-state index contributed by atoms with van der Waals surface area (Å²) in [4.78, 5) is 0. The van der Waals surface area contributed by atoms with E-state index in [2.05, 4.69) is 60.7 Å². The molecule has 2 rings (SSSR count). The maximum atomic E-state index is 2.20. The summed E-state index contributed by atoms with van der Waals surface area (Å²) < 4.78 is 0. The maximum absolute atomic E-state index is 2.20. The Morgan fingerprint density at radius 2 is 0.810 bits per heavy atom. The first kappa shape index (κ1) is 24.5. The predicted molar refractivity (Wildman–Crippen MR) is 101 cm³/mol. The van der Waals surface area contributed by atoms with Gasteiger partial charge >= 0.3 is 0 Å². The Kier molecular flexibility index (Phi) is 21.5. The maximum Gasteiger partial charge on any atom is -0.0276 e. The van der Waals surface area contributed by atoms with Crippen LogP contribution in [0.3, 0.4) is 0 Å². The van der Waals surface area contributed by atoms with Gasteiger partial charge in [-0.05, 0) is 30.4 Å². The van der Waals surface area contributed by atoms with E-state index in [4.69, 9.17) is 0 Å². The molecule has 21 heavy (non-hydrogen) atoms. The SMILES string of the molecule is C.C.CC.CC.c1ccc(CCCc2ccccc2)cc1. The third-order valence-corrected chi connectivity index (χ3v) is 2.62. The third-order valence-electron chi connectivity index (χ3n) is 2.62. The van der Waals surface area contributed by atoms with E-state index in [1.807, 2.05) is 27.7 Å². The highest BCUT2D eigenvalue weighted by molar-refractivity contribution is 5.17. The van der Waals surface area contributed by atoms with Crippen molar-refractivity contribution in [2.24, 2.45) is 0 Å². The molecule has 0 amide bonds. The van der Waals surface area contributed by atoms with Crippen LogP contribution in [0.4, 0.5) is 0 Å². The van der Waals surface area contributed by atoms with E-state index in [1.54, 1.807) is 0 Å². The number of hydrogen-bond acceptors (Lipinski definition) is 0. The van der Waals surface area contributed by atoms with Gasteiger partial charge in [-0.2, -0.15) is 0 Å². The van der Waals surface area contributed by atoms with Crippen molar-refractivity contribution in [3.05, 3.63) is 71.8 Å². The second-order valence-electron chi connectivity index (χ2n) is 3.82. The molecule has 2 aromatic carbocycles. The minimum Gasteiger partial charge on any atom is -0.0776 e. The molecule has 0 heteroatoms. The number of hydrogen-bond donors (Lipinski definition) is 0. The molecule has 0 N–H and O–H groups in total. The number of aryl methyl sites for hydroxylation is 2. The lowest BCUT2D eigenvalue weighted by Gasteiger charge is -2.01. The van der Waals surface area contributed by atoms with Gasteiger partial charge in [-0.1, -0.05) is 103 Å². The standard InChI is InChI=1S/C15H16.2C2H6.2CH4/c1-3-8-14(9-4-1)12-7-13-15-10-5-2-6-11-15;2*1-2;;/h1-6,8-11H,7,12-13H2;2*1-2H3;2*1H4. The molecule has 0 fully saturated rings. The zero-order valence-corrected chi connectivity index (χ0v) is 12.9. The molecule has 0 aromatic heterocycles. The fourth-order valence-electron chi connectivity index (χ4n) is 1.79. The Bertz CT molecular complexity index is 336. The van der Waals surface area contributed by atoms with Gasteiger partial charge in [-0.25, -0.2) is 0 Å². The Balaban J connectivity index is -0.000000499. The molecule has 0 spiro atoms. The smallest absolute Gasteiger partial charge is 0.0276 e. The number of benzene rings is 2. The fourth-order valence-corrected chi connectivity index (χ4v) is 1.79. The summed E-state index contributed by atoms with van der Waals surface area (Å²) in [6.45, 7) is 8.00. The van der Waals surface area contributed by atoms with Crippen LogP contribution in [0.25, 0.3) is 0 Å². The van der Waals surface area contributed by atoms with E-state index in [1.165, 1.54) is 30.4 Å². The monoisotopic (exact) mass is 288 g/mol. The Morgan fingerprint density at radius 1 is 0.524 bits per heavy atom. The average Bonchev–Trinajstić information content (AvgIpc) is 2.53. The van der Waals surface area contributed by atoms with Gasteiger partial charge in [0.2, 0.25) is 0 Å². The van der Waals surface area contributed by atoms with Gasteiger partial charge in [0.25, 0.3) is 0 Å². The highest BCUT2D eigenvalue weighted by atomic mass is 14.0. The molecule has 0 saturated carbocycles. The largest absolute Gasteiger partial charge is 0.0776 e. The van der Waals surface area contributed by atoms with Gasteiger partial charge in [0.1, 0.15) is 0 Å². The lowest BCUT2D eigenvalue weighted by Crippen LogP contribution is -1.89. The Morgan fingerprint density at radius 3 is 1.10 bits per heavy atom. The molecular formula is C21H36. The molecule has 0 aliphatic rings. The van der Waals surface area contributed by atoms with Crippen LogP contribution in [-0.2, 0) is 12.8 Å². The average molecular weight is 289 g/mol. The van der Waals surface area contributed by atoms with Gasteiger partial charge in [-0.3, -0.25) is 0 Å². The van der Waals surface area contributed by atoms with E-state index >= 15 is 0 Å². The molecule has 0 unspecified atom stereocenters. The van der Waals surface area contributed by atoms with Crippen molar-refractivity contribution in [1.82, 2.24) is 0 Å². The minimum atomic E-state index is 0. The van der Waals surface area contributed by atoms with Crippen molar-refractivity contribution in [2.45, 2.75) is 61.8 Å². The van der Waals surface area contributed by atoms with Crippen LogP contribution in [0.15, 0.2) is 60.7 Å². The van der Waals surface area contributed by atoms with Gasteiger partial charge in [0.05, 0.1) is 0 Å². The molecule has 0 heterocycles. The molecule has 0 aliphatic heterocycles. The van der Waals surface area contributed by atoms with Crippen molar-refractivity contribution >= 4 is 0 Å². The summed E-state index contributed by atoms with van der Waals surface area (Å²) in [5, 5.41) is 0. The molecular weight excluding hydrogens is 252 g/mol. The molecule has 0 radical (unpaired) electrons. The molecule has 0 bridgehead atoms. The first-order valence-corrected chi connectivity index (χ1v) is 7.53. The first-order valence-electron chi connectivity index (χ1n) is 7.53. The highest BCUT2D eigenvalue weighted by Crippen LogP contribution is 2.07. The van der Waals surface area contributed by atoms with Crippen LogP contribution in [0.1, 0.15) is 60.1 Å². The van der Waals surface area contributed by atoms with Gasteiger partial charge < -0.3 is 0 Å². The van der Waals surface area contributed by atoms with Crippen LogP contribution >= 0.6 is 0 Å². The summed E-state index contributed by atoms with van der Waals surface area (Å²) in [5.74, 6) is 0. The summed E-state index contributed by atoms with van der Waals surface area (Å²) >= 11 is 0. The number of rotatable bonds is 4.